The fourth-order valence-electron chi connectivity index (χ4n) is 3.22. The number of nitrogens with zero attached hydrogens (tertiary/aromatic N) is 1. The van der Waals surface area contributed by atoms with E-state index in [2.05, 4.69) is 47.2 Å². The summed E-state index contributed by atoms with van der Waals surface area (Å²) in [7, 11) is 0. The highest BCUT2D eigenvalue weighted by Gasteiger charge is 2.19. The van der Waals surface area contributed by atoms with Crippen LogP contribution in [0.5, 0.6) is 0 Å². The highest BCUT2D eigenvalue weighted by molar-refractivity contribution is 5.96. The molecule has 0 saturated carbocycles. The van der Waals surface area contributed by atoms with E-state index in [0.717, 1.165) is 25.2 Å². The summed E-state index contributed by atoms with van der Waals surface area (Å²) in [5.74, 6) is -0.183. The SMILES string of the molecule is CC(C)CN1Cc2ccc(CNC(=O)c3ccc(C(N)=O)[nH]3)cc2C1. The van der Waals surface area contributed by atoms with Crippen LogP contribution in [0, 0.1) is 5.92 Å². The van der Waals surface area contributed by atoms with Crippen LogP contribution in [0.1, 0.15) is 51.5 Å². The van der Waals surface area contributed by atoms with Crippen molar-refractivity contribution >= 4 is 11.8 Å². The fraction of sp³-hybridized carbons (Fsp3) is 0.368. The lowest BCUT2D eigenvalue weighted by molar-refractivity contribution is 0.0946. The van der Waals surface area contributed by atoms with Gasteiger partial charge in [0.05, 0.1) is 0 Å². The molecule has 0 spiro atoms. The molecular formula is C19H24N4O2. The minimum atomic E-state index is -0.580. The Kier molecular flexibility index (Phi) is 4.90. The molecule has 1 aromatic heterocycles. The van der Waals surface area contributed by atoms with Crippen molar-refractivity contribution in [2.75, 3.05) is 6.54 Å². The molecule has 0 atom stereocenters. The van der Waals surface area contributed by atoms with E-state index in [1.807, 2.05) is 0 Å². The molecule has 0 aliphatic carbocycles. The number of rotatable bonds is 6. The van der Waals surface area contributed by atoms with E-state index in [4.69, 9.17) is 5.73 Å². The summed E-state index contributed by atoms with van der Waals surface area (Å²) in [5, 5.41) is 2.87. The molecule has 1 aliphatic heterocycles. The third kappa shape index (κ3) is 4.09. The Hall–Kier alpha value is -2.60. The molecule has 0 saturated heterocycles. The summed E-state index contributed by atoms with van der Waals surface area (Å²) >= 11 is 0. The quantitative estimate of drug-likeness (QED) is 0.751. The Morgan fingerprint density at radius 1 is 1.16 bits per heavy atom. The number of nitrogens with two attached hydrogens (primary N) is 1. The topological polar surface area (TPSA) is 91.2 Å². The number of aromatic nitrogens is 1. The third-order valence-electron chi connectivity index (χ3n) is 4.33. The maximum Gasteiger partial charge on any atom is 0.267 e. The number of amides is 2. The summed E-state index contributed by atoms with van der Waals surface area (Å²) in [6, 6.07) is 9.44. The number of aromatic amines is 1. The second kappa shape index (κ2) is 7.11. The third-order valence-corrected chi connectivity index (χ3v) is 4.33. The zero-order chi connectivity index (χ0) is 18.0. The Labute approximate surface area is 147 Å². The van der Waals surface area contributed by atoms with Crippen LogP contribution in [-0.2, 0) is 19.6 Å². The summed E-state index contributed by atoms with van der Waals surface area (Å²) in [4.78, 5) is 28.4. The molecule has 6 nitrogen and oxygen atoms in total. The number of H-pyrrole nitrogens is 1. The number of nitrogens with one attached hydrogen (secondary N) is 2. The second-order valence-corrected chi connectivity index (χ2v) is 7.00. The second-order valence-electron chi connectivity index (χ2n) is 7.00. The summed E-state index contributed by atoms with van der Waals surface area (Å²) in [6.45, 7) is 7.96. The fourth-order valence-corrected chi connectivity index (χ4v) is 3.22. The van der Waals surface area contributed by atoms with E-state index in [0.29, 0.717) is 18.2 Å². The van der Waals surface area contributed by atoms with Crippen molar-refractivity contribution in [3.63, 3.8) is 0 Å². The molecule has 0 bridgehead atoms. The lowest BCUT2D eigenvalue weighted by Crippen LogP contribution is -2.23. The van der Waals surface area contributed by atoms with Crippen LogP contribution in [0.4, 0.5) is 0 Å². The van der Waals surface area contributed by atoms with Gasteiger partial charge in [0.25, 0.3) is 11.8 Å². The van der Waals surface area contributed by atoms with Crippen molar-refractivity contribution in [2.24, 2.45) is 11.7 Å². The van der Waals surface area contributed by atoms with Gasteiger partial charge in [-0.3, -0.25) is 14.5 Å². The maximum atomic E-state index is 12.2. The van der Waals surface area contributed by atoms with Crippen LogP contribution in [0.25, 0.3) is 0 Å². The van der Waals surface area contributed by atoms with Crippen molar-refractivity contribution in [3.05, 3.63) is 58.4 Å². The number of hydrogen-bond acceptors (Lipinski definition) is 3. The average molecular weight is 340 g/mol. The van der Waals surface area contributed by atoms with Gasteiger partial charge < -0.3 is 16.0 Å². The smallest absolute Gasteiger partial charge is 0.267 e. The summed E-state index contributed by atoms with van der Waals surface area (Å²) in [5.41, 5.74) is 9.51. The van der Waals surface area contributed by atoms with E-state index in [1.54, 1.807) is 6.07 Å². The average Bonchev–Trinajstić information content (AvgIpc) is 3.17. The minimum absolute atomic E-state index is 0.230. The molecule has 2 aromatic rings. The Morgan fingerprint density at radius 2 is 1.88 bits per heavy atom. The van der Waals surface area contributed by atoms with Crippen molar-refractivity contribution < 1.29 is 9.59 Å². The van der Waals surface area contributed by atoms with E-state index in [-0.39, 0.29) is 11.6 Å². The first kappa shape index (κ1) is 17.2. The maximum absolute atomic E-state index is 12.2. The molecule has 6 heteroatoms. The molecule has 132 valence electrons. The molecule has 2 heterocycles. The van der Waals surface area contributed by atoms with Gasteiger partial charge in [-0.15, -0.1) is 0 Å². The summed E-state index contributed by atoms with van der Waals surface area (Å²) < 4.78 is 0. The highest BCUT2D eigenvalue weighted by Crippen LogP contribution is 2.24. The molecule has 0 radical (unpaired) electrons. The van der Waals surface area contributed by atoms with Crippen LogP contribution < -0.4 is 11.1 Å². The van der Waals surface area contributed by atoms with Gasteiger partial charge in [-0.1, -0.05) is 32.0 Å². The van der Waals surface area contributed by atoms with Crippen molar-refractivity contribution in [1.82, 2.24) is 15.2 Å². The van der Waals surface area contributed by atoms with Crippen LogP contribution in [0.15, 0.2) is 30.3 Å². The number of benzene rings is 1. The Bertz CT molecular complexity index is 794. The van der Waals surface area contributed by atoms with Crippen molar-refractivity contribution in [2.45, 2.75) is 33.5 Å². The lowest BCUT2D eigenvalue weighted by atomic mass is 10.1. The molecule has 1 aliphatic rings. The number of fused-ring (bicyclic) bond motifs is 1. The van der Waals surface area contributed by atoms with Gasteiger partial charge in [-0.2, -0.15) is 0 Å². The van der Waals surface area contributed by atoms with E-state index < -0.39 is 5.91 Å². The minimum Gasteiger partial charge on any atom is -0.364 e. The first-order chi connectivity index (χ1) is 11.9. The monoisotopic (exact) mass is 340 g/mol. The standard InChI is InChI=1S/C19H24N4O2/c1-12(2)9-23-10-14-4-3-13(7-15(14)11-23)8-21-19(25)17-6-5-16(22-17)18(20)24/h3-7,12,22H,8-11H2,1-2H3,(H2,20,24)(H,21,25). The lowest BCUT2D eigenvalue weighted by Gasteiger charge is -2.16. The largest absolute Gasteiger partial charge is 0.364 e. The highest BCUT2D eigenvalue weighted by atomic mass is 16.2. The molecule has 1 aromatic carbocycles. The predicted octanol–water partition coefficient (Wildman–Crippen LogP) is 2.02. The van der Waals surface area contributed by atoms with Crippen LogP contribution in [-0.4, -0.2) is 28.2 Å². The number of primary amides is 1. The van der Waals surface area contributed by atoms with Gasteiger partial charge in [-0.25, -0.2) is 0 Å². The number of carbonyl (C=O) groups is 2. The molecule has 25 heavy (non-hydrogen) atoms. The van der Waals surface area contributed by atoms with E-state index >= 15 is 0 Å². The molecule has 0 fully saturated rings. The van der Waals surface area contributed by atoms with Crippen molar-refractivity contribution in [3.8, 4) is 0 Å². The Balaban J connectivity index is 1.59. The first-order valence-corrected chi connectivity index (χ1v) is 8.52. The van der Waals surface area contributed by atoms with Gasteiger partial charge in [-0.05, 0) is 34.7 Å². The Morgan fingerprint density at radius 3 is 2.56 bits per heavy atom. The van der Waals surface area contributed by atoms with Gasteiger partial charge >= 0.3 is 0 Å². The van der Waals surface area contributed by atoms with Crippen LogP contribution in [0.3, 0.4) is 0 Å². The zero-order valence-corrected chi connectivity index (χ0v) is 14.6. The van der Waals surface area contributed by atoms with E-state index in [1.165, 1.54) is 17.2 Å². The molecule has 2 amide bonds. The molecule has 4 N–H and O–H groups in total. The van der Waals surface area contributed by atoms with Gasteiger partial charge in [0.1, 0.15) is 11.4 Å². The van der Waals surface area contributed by atoms with Crippen molar-refractivity contribution in [1.29, 1.82) is 0 Å². The molecular weight excluding hydrogens is 316 g/mol. The number of hydrogen-bond donors (Lipinski definition) is 3. The zero-order valence-electron chi connectivity index (χ0n) is 14.6. The molecule has 3 rings (SSSR count). The predicted molar refractivity (Wildman–Crippen MR) is 95.9 cm³/mol. The summed E-state index contributed by atoms with van der Waals surface area (Å²) in [6.07, 6.45) is 0. The van der Waals surface area contributed by atoms with Crippen LogP contribution >= 0.6 is 0 Å². The van der Waals surface area contributed by atoms with Gasteiger partial charge in [0.15, 0.2) is 0 Å². The van der Waals surface area contributed by atoms with Gasteiger partial charge in [0.2, 0.25) is 0 Å². The van der Waals surface area contributed by atoms with Gasteiger partial charge in [0, 0.05) is 26.2 Å². The van der Waals surface area contributed by atoms with Crippen LogP contribution in [0.2, 0.25) is 0 Å². The normalized spacial score (nSPS) is 13.9. The number of carbonyl (C=O) groups excluding carboxylic acids is 2. The first-order valence-electron chi connectivity index (χ1n) is 8.52. The molecule has 0 unspecified atom stereocenters. The van der Waals surface area contributed by atoms with E-state index in [9.17, 15) is 9.59 Å².